The number of ether oxygens (including phenoxy) is 1. The summed E-state index contributed by atoms with van der Waals surface area (Å²) in [6.45, 7) is 5.67. The maximum atomic E-state index is 12.4. The molecule has 5 nitrogen and oxygen atoms in total. The van der Waals surface area contributed by atoms with Crippen LogP contribution in [0.4, 0.5) is 0 Å². The second-order valence-electron chi connectivity index (χ2n) is 7.54. The van der Waals surface area contributed by atoms with Crippen LogP contribution < -0.4 is 9.46 Å². The number of rotatable bonds is 10. The van der Waals surface area contributed by atoms with Crippen LogP contribution in [0.5, 0.6) is 5.75 Å². The molecule has 0 aliphatic carbocycles. The summed E-state index contributed by atoms with van der Waals surface area (Å²) in [6.07, 6.45) is -0.302. The lowest BCUT2D eigenvalue weighted by Crippen LogP contribution is -2.33. The minimum Gasteiger partial charge on any atom is -0.489 e. The first-order valence-corrected chi connectivity index (χ1v) is 12.3. The van der Waals surface area contributed by atoms with Crippen molar-refractivity contribution in [2.24, 2.45) is 0 Å². The molecule has 0 fully saturated rings. The first-order valence-electron chi connectivity index (χ1n) is 9.83. The second-order valence-corrected chi connectivity index (χ2v) is 10.1. The van der Waals surface area contributed by atoms with Crippen LogP contribution in [-0.2, 0) is 23.1 Å². The van der Waals surface area contributed by atoms with Crippen molar-refractivity contribution in [1.29, 1.82) is 0 Å². The van der Waals surface area contributed by atoms with E-state index in [1.54, 1.807) is 35.6 Å². The third-order valence-electron chi connectivity index (χ3n) is 4.61. The fourth-order valence-electron chi connectivity index (χ4n) is 3.08. The Hall–Kier alpha value is -2.19. The Labute approximate surface area is 183 Å². The van der Waals surface area contributed by atoms with Gasteiger partial charge in [-0.1, -0.05) is 29.8 Å². The zero-order valence-electron chi connectivity index (χ0n) is 17.5. The average Bonchev–Trinajstić information content (AvgIpc) is 3.20. The Morgan fingerprint density at radius 1 is 1.07 bits per heavy atom. The molecule has 0 spiro atoms. The van der Waals surface area contributed by atoms with Gasteiger partial charge >= 0.3 is 0 Å². The molecule has 0 radical (unpaired) electrons. The van der Waals surface area contributed by atoms with Gasteiger partial charge in [-0.15, -0.1) is 0 Å². The van der Waals surface area contributed by atoms with Gasteiger partial charge in [0, 0.05) is 19.6 Å². The first kappa shape index (κ1) is 22.5. The molecule has 0 aliphatic heterocycles. The highest BCUT2D eigenvalue weighted by Crippen LogP contribution is 2.18. The molecule has 1 atom stereocenters. The Morgan fingerprint density at radius 3 is 2.50 bits per heavy atom. The lowest BCUT2D eigenvalue weighted by Gasteiger charge is -2.18. The van der Waals surface area contributed by atoms with E-state index in [0.29, 0.717) is 0 Å². The van der Waals surface area contributed by atoms with E-state index < -0.39 is 10.0 Å². The van der Waals surface area contributed by atoms with E-state index in [0.717, 1.165) is 30.0 Å². The van der Waals surface area contributed by atoms with Gasteiger partial charge in [0.2, 0.25) is 10.0 Å². The number of sulfonamides is 1. The SMILES string of the molecule is Cc1ccc(S(=O)(=O)NC[C@@H](C)Oc2cccc(CN(C)Cc3ccsc3)c2)cc1. The molecular formula is C23H28N2O3S2. The van der Waals surface area contributed by atoms with E-state index in [4.69, 9.17) is 4.74 Å². The third kappa shape index (κ3) is 6.67. The van der Waals surface area contributed by atoms with Crippen LogP contribution in [0.15, 0.2) is 70.3 Å². The predicted molar refractivity (Wildman–Crippen MR) is 122 cm³/mol. The van der Waals surface area contributed by atoms with Gasteiger partial charge in [-0.05, 0) is 73.1 Å². The highest BCUT2D eigenvalue weighted by Gasteiger charge is 2.15. The largest absolute Gasteiger partial charge is 0.489 e. The smallest absolute Gasteiger partial charge is 0.240 e. The van der Waals surface area contributed by atoms with Crippen LogP contribution >= 0.6 is 11.3 Å². The van der Waals surface area contributed by atoms with E-state index in [-0.39, 0.29) is 17.5 Å². The molecule has 160 valence electrons. The normalized spacial score (nSPS) is 12.8. The maximum absolute atomic E-state index is 12.4. The molecule has 0 aliphatic rings. The summed E-state index contributed by atoms with van der Waals surface area (Å²) in [5.74, 6) is 0.735. The van der Waals surface area contributed by atoms with E-state index in [2.05, 4.69) is 39.6 Å². The lowest BCUT2D eigenvalue weighted by atomic mass is 10.2. The molecule has 3 aromatic rings. The summed E-state index contributed by atoms with van der Waals surface area (Å²) >= 11 is 1.71. The molecule has 1 heterocycles. The molecule has 0 amide bonds. The van der Waals surface area contributed by atoms with Gasteiger partial charge < -0.3 is 4.74 Å². The highest BCUT2D eigenvalue weighted by atomic mass is 32.2. The zero-order valence-corrected chi connectivity index (χ0v) is 19.2. The van der Waals surface area contributed by atoms with E-state index in [9.17, 15) is 8.42 Å². The molecule has 1 N–H and O–H groups in total. The minimum atomic E-state index is -3.55. The van der Waals surface area contributed by atoms with Gasteiger partial charge in [-0.2, -0.15) is 11.3 Å². The van der Waals surface area contributed by atoms with Crippen LogP contribution in [0, 0.1) is 6.92 Å². The standard InChI is InChI=1S/C23H28N2O3S2/c1-18-7-9-23(10-8-18)30(26,27)24-14-19(2)28-22-6-4-5-20(13-22)15-25(3)16-21-11-12-29-17-21/h4-13,17,19,24H,14-16H2,1-3H3/t19-/m1/s1. The van der Waals surface area contributed by atoms with Crippen LogP contribution in [-0.4, -0.2) is 33.0 Å². The predicted octanol–water partition coefficient (Wildman–Crippen LogP) is 4.43. The second kappa shape index (κ2) is 10.2. The first-order chi connectivity index (χ1) is 14.3. The fourth-order valence-corrected chi connectivity index (χ4v) is 4.86. The monoisotopic (exact) mass is 444 g/mol. The van der Waals surface area contributed by atoms with Gasteiger partial charge in [0.15, 0.2) is 0 Å². The summed E-state index contributed by atoms with van der Waals surface area (Å²) in [7, 11) is -1.46. The summed E-state index contributed by atoms with van der Waals surface area (Å²) in [4.78, 5) is 2.51. The van der Waals surface area contributed by atoms with Crippen LogP contribution in [0.25, 0.3) is 0 Å². The quantitative estimate of drug-likeness (QED) is 0.502. The third-order valence-corrected chi connectivity index (χ3v) is 6.78. The fraction of sp³-hybridized carbons (Fsp3) is 0.304. The lowest BCUT2D eigenvalue weighted by molar-refractivity contribution is 0.224. The van der Waals surface area contributed by atoms with Crippen molar-refractivity contribution >= 4 is 21.4 Å². The van der Waals surface area contributed by atoms with Crippen LogP contribution in [0.1, 0.15) is 23.6 Å². The molecule has 0 unspecified atom stereocenters. The average molecular weight is 445 g/mol. The molecule has 2 aromatic carbocycles. The number of benzene rings is 2. The van der Waals surface area contributed by atoms with Gasteiger partial charge in [0.25, 0.3) is 0 Å². The number of aryl methyl sites for hydroxylation is 1. The number of nitrogens with one attached hydrogen (secondary N) is 1. The van der Waals surface area contributed by atoms with Crippen molar-refractivity contribution in [3.05, 3.63) is 82.0 Å². The summed E-state index contributed by atoms with van der Waals surface area (Å²) in [6, 6.07) is 16.9. The molecule has 3 rings (SSSR count). The summed E-state index contributed by atoms with van der Waals surface area (Å²) in [5.41, 5.74) is 3.48. The Balaban J connectivity index is 1.53. The summed E-state index contributed by atoms with van der Waals surface area (Å²) < 4.78 is 33.4. The van der Waals surface area contributed by atoms with Crippen molar-refractivity contribution in [3.63, 3.8) is 0 Å². The van der Waals surface area contributed by atoms with Crippen LogP contribution in [0.3, 0.4) is 0 Å². The molecule has 0 saturated heterocycles. The molecule has 0 saturated carbocycles. The molecule has 1 aromatic heterocycles. The van der Waals surface area contributed by atoms with Crippen LogP contribution in [0.2, 0.25) is 0 Å². The number of hydrogen-bond donors (Lipinski definition) is 1. The van der Waals surface area contributed by atoms with Crippen molar-refractivity contribution in [2.45, 2.75) is 37.9 Å². The van der Waals surface area contributed by atoms with E-state index >= 15 is 0 Å². The van der Waals surface area contributed by atoms with E-state index in [1.165, 1.54) is 5.56 Å². The minimum absolute atomic E-state index is 0.193. The molecule has 30 heavy (non-hydrogen) atoms. The topological polar surface area (TPSA) is 58.6 Å². The van der Waals surface area contributed by atoms with Gasteiger partial charge in [-0.25, -0.2) is 13.1 Å². The Bertz CT molecular complexity index is 1030. The van der Waals surface area contributed by atoms with E-state index in [1.807, 2.05) is 32.0 Å². The molecule has 7 heteroatoms. The molecular weight excluding hydrogens is 416 g/mol. The maximum Gasteiger partial charge on any atom is 0.240 e. The van der Waals surface area contributed by atoms with Crippen molar-refractivity contribution in [2.75, 3.05) is 13.6 Å². The Morgan fingerprint density at radius 2 is 1.80 bits per heavy atom. The Kier molecular flexibility index (Phi) is 7.66. The zero-order chi connectivity index (χ0) is 21.6. The van der Waals surface area contributed by atoms with Gasteiger partial charge in [-0.3, -0.25) is 4.90 Å². The van der Waals surface area contributed by atoms with Gasteiger partial charge in [0.05, 0.1) is 4.90 Å². The molecule has 0 bridgehead atoms. The number of nitrogens with zero attached hydrogens (tertiary/aromatic N) is 1. The number of thiophene rings is 1. The van der Waals surface area contributed by atoms with Crippen molar-refractivity contribution in [1.82, 2.24) is 9.62 Å². The number of hydrogen-bond acceptors (Lipinski definition) is 5. The van der Waals surface area contributed by atoms with Crippen molar-refractivity contribution in [3.8, 4) is 5.75 Å². The highest BCUT2D eigenvalue weighted by molar-refractivity contribution is 7.89. The van der Waals surface area contributed by atoms with Gasteiger partial charge in [0.1, 0.15) is 11.9 Å². The summed E-state index contributed by atoms with van der Waals surface area (Å²) in [5, 5.41) is 4.25. The van der Waals surface area contributed by atoms with Crippen molar-refractivity contribution < 1.29 is 13.2 Å².